The van der Waals surface area contributed by atoms with Crippen molar-refractivity contribution in [1.82, 2.24) is 0 Å². The van der Waals surface area contributed by atoms with Crippen LogP contribution in [0.25, 0.3) is 6.08 Å². The van der Waals surface area contributed by atoms with Gasteiger partial charge in [-0.2, -0.15) is 0 Å². The molecule has 1 aliphatic rings. The summed E-state index contributed by atoms with van der Waals surface area (Å²) in [5, 5.41) is 0. The van der Waals surface area contributed by atoms with Gasteiger partial charge in [-0.15, -0.1) is 0 Å². The number of hydrogen-bond acceptors (Lipinski definition) is 1. The lowest BCUT2D eigenvalue weighted by Gasteiger charge is -2.29. The Bertz CT molecular complexity index is 758. The maximum absolute atomic E-state index is 11.8. The Hall–Kier alpha value is -1.57. The van der Waals surface area contributed by atoms with Crippen LogP contribution in [0.15, 0.2) is 54.6 Å². The molecule has 3 rings (SSSR count). The molecule has 0 saturated carbocycles. The van der Waals surface area contributed by atoms with Crippen LogP contribution in [0.1, 0.15) is 36.1 Å². The summed E-state index contributed by atoms with van der Waals surface area (Å²) in [6.45, 7) is 4.35. The highest BCUT2D eigenvalue weighted by Gasteiger charge is 2.38. The summed E-state index contributed by atoms with van der Waals surface area (Å²) in [5.41, 5.74) is 3.78. The third-order valence-corrected chi connectivity index (χ3v) is 5.11. The molecule has 0 radical (unpaired) electrons. The first kappa shape index (κ1) is 15.3. The van der Waals surface area contributed by atoms with Gasteiger partial charge in [0.2, 0.25) is 4.33 Å². The summed E-state index contributed by atoms with van der Waals surface area (Å²) in [4.78, 5) is 11.8. The van der Waals surface area contributed by atoms with Crippen LogP contribution in [0, 0.1) is 0 Å². The zero-order valence-corrected chi connectivity index (χ0v) is 13.9. The van der Waals surface area contributed by atoms with Gasteiger partial charge in [-0.3, -0.25) is 4.79 Å². The summed E-state index contributed by atoms with van der Waals surface area (Å²) < 4.78 is -1.49. The molecule has 112 valence electrons. The average molecular weight is 331 g/mol. The molecule has 0 saturated heterocycles. The molecule has 0 N–H and O–H groups in total. The Balaban J connectivity index is 2.10. The fourth-order valence-corrected chi connectivity index (χ4v) is 3.27. The van der Waals surface area contributed by atoms with E-state index < -0.39 is 4.33 Å². The van der Waals surface area contributed by atoms with Crippen molar-refractivity contribution in [2.45, 2.75) is 23.6 Å². The molecule has 0 spiro atoms. The van der Waals surface area contributed by atoms with E-state index in [-0.39, 0.29) is 11.2 Å². The zero-order valence-electron chi connectivity index (χ0n) is 12.4. The highest BCUT2D eigenvalue weighted by atomic mass is 35.5. The molecule has 0 aliphatic heterocycles. The van der Waals surface area contributed by atoms with Crippen molar-refractivity contribution in [3.05, 3.63) is 76.9 Å². The van der Waals surface area contributed by atoms with Crippen molar-refractivity contribution < 1.29 is 4.79 Å². The second kappa shape index (κ2) is 5.26. The van der Waals surface area contributed by atoms with E-state index in [1.807, 2.05) is 30.3 Å². The molecule has 0 heterocycles. The van der Waals surface area contributed by atoms with Crippen LogP contribution >= 0.6 is 23.2 Å². The van der Waals surface area contributed by atoms with Gasteiger partial charge in [-0.1, -0.05) is 91.7 Å². The minimum Gasteiger partial charge on any atom is -0.291 e. The zero-order chi connectivity index (χ0) is 16.0. The quantitative estimate of drug-likeness (QED) is 0.688. The van der Waals surface area contributed by atoms with Crippen LogP contribution in [0.4, 0.5) is 0 Å². The molecule has 3 heteroatoms. The Morgan fingerprint density at radius 1 is 0.909 bits per heavy atom. The lowest BCUT2D eigenvalue weighted by molar-refractivity contribution is -0.115. The number of halogens is 2. The van der Waals surface area contributed by atoms with Gasteiger partial charge in [-0.25, -0.2) is 0 Å². The summed E-state index contributed by atoms with van der Waals surface area (Å²) in [6.07, 6.45) is 3.23. The average Bonchev–Trinajstić information content (AvgIpc) is 2.52. The van der Waals surface area contributed by atoms with Crippen LogP contribution in [-0.2, 0) is 14.5 Å². The second-order valence-corrected chi connectivity index (χ2v) is 7.39. The van der Waals surface area contributed by atoms with Gasteiger partial charge in [0.05, 0.1) is 0 Å². The smallest absolute Gasteiger partial charge is 0.205 e. The third kappa shape index (κ3) is 2.39. The van der Waals surface area contributed by atoms with Gasteiger partial charge >= 0.3 is 0 Å². The normalized spacial score (nSPS) is 16.5. The van der Waals surface area contributed by atoms with E-state index >= 15 is 0 Å². The van der Waals surface area contributed by atoms with Crippen molar-refractivity contribution in [2.24, 2.45) is 0 Å². The topological polar surface area (TPSA) is 17.1 Å². The number of carbonyl (C=O) groups is 1. The van der Waals surface area contributed by atoms with Crippen molar-refractivity contribution in [3.63, 3.8) is 0 Å². The molecule has 1 aliphatic carbocycles. The van der Waals surface area contributed by atoms with E-state index in [1.54, 1.807) is 6.08 Å². The summed E-state index contributed by atoms with van der Waals surface area (Å²) in [6, 6.07) is 16.2. The molecular weight excluding hydrogens is 315 g/mol. The van der Waals surface area contributed by atoms with E-state index in [1.165, 1.54) is 11.6 Å². The Kier molecular flexibility index (Phi) is 3.66. The largest absolute Gasteiger partial charge is 0.291 e. The summed E-state index contributed by atoms with van der Waals surface area (Å²) in [7, 11) is 0. The van der Waals surface area contributed by atoms with Crippen LogP contribution in [0.3, 0.4) is 0 Å². The van der Waals surface area contributed by atoms with Gasteiger partial charge in [0.15, 0.2) is 5.78 Å². The number of rotatable bonds is 2. The molecule has 0 bridgehead atoms. The molecule has 0 unspecified atom stereocenters. The van der Waals surface area contributed by atoms with E-state index in [0.717, 1.165) is 11.1 Å². The second-order valence-electron chi connectivity index (χ2n) is 6.07. The lowest BCUT2D eigenvalue weighted by atomic mass is 9.76. The summed E-state index contributed by atoms with van der Waals surface area (Å²) >= 11 is 12.4. The Morgan fingerprint density at radius 2 is 1.59 bits per heavy atom. The van der Waals surface area contributed by atoms with Crippen LogP contribution in [0.2, 0.25) is 0 Å². The van der Waals surface area contributed by atoms with E-state index in [2.05, 4.69) is 32.0 Å². The van der Waals surface area contributed by atoms with Crippen molar-refractivity contribution >= 4 is 35.1 Å². The Labute approximate surface area is 140 Å². The number of ketones is 1. The maximum atomic E-state index is 11.8. The van der Waals surface area contributed by atoms with Gasteiger partial charge in [-0.05, 0) is 22.8 Å². The van der Waals surface area contributed by atoms with Crippen LogP contribution < -0.4 is 0 Å². The lowest BCUT2D eigenvalue weighted by Crippen LogP contribution is -2.26. The highest BCUT2D eigenvalue weighted by Crippen LogP contribution is 2.42. The van der Waals surface area contributed by atoms with Gasteiger partial charge in [0.1, 0.15) is 0 Å². The molecule has 2 aromatic rings. The SMILES string of the molecule is CC(C)(c1ccccc1)c1ccc2c(c1)C=CC(=O)C2(Cl)Cl. The van der Waals surface area contributed by atoms with Crippen molar-refractivity contribution in [2.75, 3.05) is 0 Å². The van der Waals surface area contributed by atoms with Gasteiger partial charge in [0, 0.05) is 11.0 Å². The molecule has 0 atom stereocenters. The fraction of sp³-hybridized carbons (Fsp3) is 0.211. The monoisotopic (exact) mass is 330 g/mol. The van der Waals surface area contributed by atoms with E-state index in [9.17, 15) is 4.79 Å². The first-order valence-electron chi connectivity index (χ1n) is 7.14. The minimum absolute atomic E-state index is 0.146. The standard InChI is InChI=1S/C19H16Cl2O/c1-18(2,14-6-4-3-5-7-14)15-9-10-16-13(12-15)8-11-17(22)19(16,20)21/h3-12H,1-2H3. The highest BCUT2D eigenvalue weighted by molar-refractivity contribution is 6.59. The fourth-order valence-electron chi connectivity index (χ4n) is 2.80. The van der Waals surface area contributed by atoms with Crippen LogP contribution in [-0.4, -0.2) is 5.78 Å². The number of carbonyl (C=O) groups excluding carboxylic acids is 1. The van der Waals surface area contributed by atoms with E-state index in [0.29, 0.717) is 5.56 Å². The molecule has 1 nitrogen and oxygen atoms in total. The first-order valence-corrected chi connectivity index (χ1v) is 7.90. The number of benzene rings is 2. The molecule has 0 fully saturated rings. The first-order chi connectivity index (χ1) is 10.3. The van der Waals surface area contributed by atoms with Gasteiger partial charge < -0.3 is 0 Å². The molecule has 22 heavy (non-hydrogen) atoms. The third-order valence-electron chi connectivity index (χ3n) is 4.33. The molecule has 0 amide bonds. The minimum atomic E-state index is -1.49. The number of fused-ring (bicyclic) bond motifs is 1. The number of hydrogen-bond donors (Lipinski definition) is 0. The molecular formula is C19H16Cl2O. The molecule has 2 aromatic carbocycles. The molecule has 0 aromatic heterocycles. The van der Waals surface area contributed by atoms with Crippen molar-refractivity contribution in [1.29, 1.82) is 0 Å². The van der Waals surface area contributed by atoms with Crippen LogP contribution in [0.5, 0.6) is 0 Å². The van der Waals surface area contributed by atoms with Gasteiger partial charge in [0.25, 0.3) is 0 Å². The predicted molar refractivity (Wildman–Crippen MR) is 92.4 cm³/mol. The number of allylic oxidation sites excluding steroid dienone is 1. The number of alkyl halides is 2. The Morgan fingerprint density at radius 3 is 2.27 bits per heavy atom. The predicted octanol–water partition coefficient (Wildman–Crippen LogP) is 5.24. The van der Waals surface area contributed by atoms with Crippen molar-refractivity contribution in [3.8, 4) is 0 Å². The van der Waals surface area contributed by atoms with E-state index in [4.69, 9.17) is 23.2 Å². The summed E-state index contributed by atoms with van der Waals surface area (Å²) in [5.74, 6) is -0.293. The maximum Gasteiger partial charge on any atom is 0.205 e.